The molecule has 0 aliphatic heterocycles. The predicted octanol–water partition coefficient (Wildman–Crippen LogP) is 5.82. The Balaban J connectivity index is 1.95. The van der Waals surface area contributed by atoms with Crippen LogP contribution in [0.5, 0.6) is 11.5 Å². The van der Waals surface area contributed by atoms with Gasteiger partial charge in [-0.05, 0) is 33.1 Å². The number of nitro benzene ring substituents is 1. The molecule has 4 aromatic rings. The van der Waals surface area contributed by atoms with Gasteiger partial charge in [-0.1, -0.05) is 106 Å². The van der Waals surface area contributed by atoms with E-state index < -0.39 is 42.8 Å². The number of amides is 1. The molecule has 252 valence electrons. The van der Waals surface area contributed by atoms with E-state index in [0.717, 1.165) is 15.9 Å². The standard InChI is InChI=1S/C37H42N2O8Si/c1-27(40)46-26-35(41)38(24-28-20-22-29(44-5)23-21-28)34(32-18-13-19-33(39(42)43)36(32)45-6)25-47-48(37(2,3)4,30-14-9-7-10-15-30)31-16-11-8-12-17-31/h7-23,34H,24-26H2,1-6H3/t34-/m0/s1. The van der Waals surface area contributed by atoms with Gasteiger partial charge in [-0.15, -0.1) is 0 Å². The first-order valence-corrected chi connectivity index (χ1v) is 17.5. The number of carbonyl (C=O) groups is 2. The van der Waals surface area contributed by atoms with E-state index in [-0.39, 0.29) is 24.6 Å². The molecule has 0 saturated heterocycles. The molecule has 0 radical (unpaired) electrons. The molecule has 0 N–H and O–H groups in total. The Bertz CT molecular complexity index is 1650. The number of para-hydroxylation sites is 1. The van der Waals surface area contributed by atoms with Crippen LogP contribution in [0.1, 0.15) is 44.9 Å². The molecule has 48 heavy (non-hydrogen) atoms. The van der Waals surface area contributed by atoms with E-state index in [1.165, 1.54) is 25.0 Å². The number of benzene rings is 4. The second-order valence-electron chi connectivity index (χ2n) is 12.3. The Morgan fingerprint density at radius 2 is 1.42 bits per heavy atom. The highest BCUT2D eigenvalue weighted by Crippen LogP contribution is 2.41. The molecule has 0 bridgehead atoms. The summed E-state index contributed by atoms with van der Waals surface area (Å²) in [6.45, 7) is 7.15. The Labute approximate surface area is 282 Å². The van der Waals surface area contributed by atoms with Crippen LogP contribution in [0.25, 0.3) is 0 Å². The van der Waals surface area contributed by atoms with Gasteiger partial charge in [0.05, 0.1) is 31.8 Å². The summed E-state index contributed by atoms with van der Waals surface area (Å²) in [6, 6.07) is 31.0. The predicted molar refractivity (Wildman–Crippen MR) is 186 cm³/mol. The molecule has 11 heteroatoms. The Kier molecular flexibility index (Phi) is 11.7. The number of methoxy groups -OCH3 is 2. The number of nitrogens with zero attached hydrogens (tertiary/aromatic N) is 2. The summed E-state index contributed by atoms with van der Waals surface area (Å²) in [5.41, 5.74) is 0.892. The van der Waals surface area contributed by atoms with Gasteiger partial charge < -0.3 is 23.5 Å². The molecule has 4 rings (SSSR count). The third-order valence-electron chi connectivity index (χ3n) is 8.27. The molecule has 0 aromatic heterocycles. The highest BCUT2D eigenvalue weighted by Gasteiger charge is 2.51. The summed E-state index contributed by atoms with van der Waals surface area (Å²) in [5, 5.41) is 13.8. The third-order valence-corrected chi connectivity index (χ3v) is 13.3. The van der Waals surface area contributed by atoms with Crippen LogP contribution in [0.4, 0.5) is 5.69 Å². The second kappa shape index (κ2) is 15.7. The molecule has 0 fully saturated rings. The summed E-state index contributed by atoms with van der Waals surface area (Å²) in [7, 11) is -0.216. The zero-order valence-corrected chi connectivity index (χ0v) is 29.2. The molecule has 1 atom stereocenters. The fourth-order valence-corrected chi connectivity index (χ4v) is 10.6. The number of hydrogen-bond acceptors (Lipinski definition) is 8. The van der Waals surface area contributed by atoms with Crippen LogP contribution >= 0.6 is 0 Å². The monoisotopic (exact) mass is 670 g/mol. The molecular weight excluding hydrogens is 628 g/mol. The van der Waals surface area contributed by atoms with Gasteiger partial charge in [0.1, 0.15) is 5.75 Å². The van der Waals surface area contributed by atoms with Gasteiger partial charge in [0.2, 0.25) is 5.75 Å². The van der Waals surface area contributed by atoms with E-state index >= 15 is 0 Å². The maximum atomic E-state index is 14.1. The first-order valence-electron chi connectivity index (χ1n) is 15.5. The maximum absolute atomic E-state index is 14.1. The summed E-state index contributed by atoms with van der Waals surface area (Å²) >= 11 is 0. The van der Waals surface area contributed by atoms with Crippen LogP contribution in [-0.4, -0.2) is 57.5 Å². The second-order valence-corrected chi connectivity index (χ2v) is 16.6. The van der Waals surface area contributed by atoms with Crippen LogP contribution in [-0.2, 0) is 25.3 Å². The van der Waals surface area contributed by atoms with Crippen molar-refractivity contribution in [2.45, 2.75) is 45.3 Å². The van der Waals surface area contributed by atoms with Gasteiger partial charge >= 0.3 is 11.7 Å². The molecule has 0 aliphatic rings. The molecule has 0 unspecified atom stereocenters. The van der Waals surface area contributed by atoms with Crippen LogP contribution in [0.15, 0.2) is 103 Å². The fourth-order valence-electron chi connectivity index (χ4n) is 6.03. The van der Waals surface area contributed by atoms with Crippen molar-refractivity contribution in [1.82, 2.24) is 4.90 Å². The van der Waals surface area contributed by atoms with Crippen molar-refractivity contribution in [3.63, 3.8) is 0 Å². The van der Waals surface area contributed by atoms with Gasteiger partial charge in [0, 0.05) is 25.1 Å². The molecule has 10 nitrogen and oxygen atoms in total. The first-order chi connectivity index (χ1) is 22.9. The summed E-state index contributed by atoms with van der Waals surface area (Å²) in [5.74, 6) is -0.464. The van der Waals surface area contributed by atoms with Gasteiger partial charge in [-0.2, -0.15) is 0 Å². The van der Waals surface area contributed by atoms with Crippen molar-refractivity contribution in [3.05, 3.63) is 124 Å². The van der Waals surface area contributed by atoms with Crippen LogP contribution < -0.4 is 19.8 Å². The Hall–Kier alpha value is -5.00. The topological polar surface area (TPSA) is 117 Å². The van der Waals surface area contributed by atoms with Crippen molar-refractivity contribution >= 4 is 36.3 Å². The van der Waals surface area contributed by atoms with Crippen molar-refractivity contribution in [3.8, 4) is 11.5 Å². The van der Waals surface area contributed by atoms with Gasteiger partial charge in [-0.3, -0.25) is 19.7 Å². The number of carbonyl (C=O) groups excluding carboxylic acids is 2. The SMILES string of the molecule is COc1ccc(CN(C(=O)COC(C)=O)[C@@H](CO[Si](c2ccccc2)(c2ccccc2)C(C)(C)C)c2cccc([N+](=O)[O-])c2OC)cc1. The van der Waals surface area contributed by atoms with Gasteiger partial charge in [0.15, 0.2) is 6.61 Å². The van der Waals surface area contributed by atoms with E-state index in [4.69, 9.17) is 18.6 Å². The quantitative estimate of drug-likeness (QED) is 0.0713. The minimum absolute atomic E-state index is 0.0126. The highest BCUT2D eigenvalue weighted by molar-refractivity contribution is 6.99. The molecular formula is C37H42N2O8Si. The number of esters is 1. The molecule has 4 aromatic carbocycles. The van der Waals surface area contributed by atoms with Crippen LogP contribution in [0.2, 0.25) is 5.04 Å². The summed E-state index contributed by atoms with van der Waals surface area (Å²) in [6.07, 6.45) is 0. The molecule has 0 aliphatic carbocycles. The number of hydrogen-bond donors (Lipinski definition) is 0. The lowest BCUT2D eigenvalue weighted by Gasteiger charge is -2.44. The smallest absolute Gasteiger partial charge is 0.311 e. The van der Waals surface area contributed by atoms with E-state index in [9.17, 15) is 19.7 Å². The average Bonchev–Trinajstić information content (AvgIpc) is 3.08. The zero-order valence-electron chi connectivity index (χ0n) is 28.2. The average molecular weight is 671 g/mol. The molecule has 0 heterocycles. The summed E-state index contributed by atoms with van der Waals surface area (Å²) < 4.78 is 23.5. The largest absolute Gasteiger partial charge is 0.497 e. The maximum Gasteiger partial charge on any atom is 0.311 e. The van der Waals surface area contributed by atoms with Crippen molar-refractivity contribution in [2.75, 3.05) is 27.4 Å². The lowest BCUT2D eigenvalue weighted by molar-refractivity contribution is -0.385. The normalized spacial score (nSPS) is 12.1. The number of nitro groups is 1. The van der Waals surface area contributed by atoms with Crippen molar-refractivity contribution in [1.29, 1.82) is 0 Å². The van der Waals surface area contributed by atoms with Crippen LogP contribution in [0.3, 0.4) is 0 Å². The van der Waals surface area contributed by atoms with E-state index in [2.05, 4.69) is 45.0 Å². The number of rotatable bonds is 14. The molecule has 0 saturated carbocycles. The van der Waals surface area contributed by atoms with Gasteiger partial charge in [0.25, 0.3) is 14.2 Å². The molecule has 0 spiro atoms. The van der Waals surface area contributed by atoms with E-state index in [0.29, 0.717) is 11.3 Å². The third kappa shape index (κ3) is 7.92. The van der Waals surface area contributed by atoms with Crippen molar-refractivity contribution in [2.24, 2.45) is 0 Å². The lowest BCUT2D eigenvalue weighted by atomic mass is 10.0. The fraction of sp³-hybridized carbons (Fsp3) is 0.297. The summed E-state index contributed by atoms with van der Waals surface area (Å²) in [4.78, 5) is 39.1. The Morgan fingerprint density at radius 1 is 0.833 bits per heavy atom. The van der Waals surface area contributed by atoms with Crippen molar-refractivity contribution < 1.29 is 33.1 Å². The molecule has 1 amide bonds. The number of ether oxygens (including phenoxy) is 3. The van der Waals surface area contributed by atoms with Gasteiger partial charge in [-0.25, -0.2) is 0 Å². The lowest BCUT2D eigenvalue weighted by Crippen LogP contribution is -2.67. The minimum atomic E-state index is -3.14. The zero-order chi connectivity index (χ0) is 34.9. The highest BCUT2D eigenvalue weighted by atomic mass is 28.4. The Morgan fingerprint density at radius 3 is 1.90 bits per heavy atom. The van der Waals surface area contributed by atoms with E-state index in [1.807, 2.05) is 48.5 Å². The first kappa shape index (κ1) is 35.8. The van der Waals surface area contributed by atoms with E-state index in [1.54, 1.807) is 31.4 Å². The minimum Gasteiger partial charge on any atom is -0.497 e. The van der Waals surface area contributed by atoms with Crippen LogP contribution in [0, 0.1) is 10.1 Å².